The van der Waals surface area contributed by atoms with E-state index in [4.69, 9.17) is 1.37 Å². The summed E-state index contributed by atoms with van der Waals surface area (Å²) in [5.41, 5.74) is 7.36. The van der Waals surface area contributed by atoms with Crippen molar-refractivity contribution in [1.82, 2.24) is 0 Å². The lowest BCUT2D eigenvalue weighted by atomic mass is 9.83. The van der Waals surface area contributed by atoms with Gasteiger partial charge in [-0.3, -0.25) is 0 Å². The van der Waals surface area contributed by atoms with Crippen molar-refractivity contribution in [2.24, 2.45) is 7.05 Å². The summed E-state index contributed by atoms with van der Waals surface area (Å²) in [4.78, 5) is 0. The third-order valence-electron chi connectivity index (χ3n) is 5.63. The maximum absolute atomic E-state index is 8.96. The second-order valence-electron chi connectivity index (χ2n) is 7.47. The highest BCUT2D eigenvalue weighted by atomic mass is 14.9. The van der Waals surface area contributed by atoms with Crippen LogP contribution in [0, 0.1) is 6.92 Å². The number of benzene rings is 2. The van der Waals surface area contributed by atoms with Crippen LogP contribution < -0.4 is 4.57 Å². The molecule has 0 bridgehead atoms. The third-order valence-corrected chi connectivity index (χ3v) is 5.63. The zero-order chi connectivity index (χ0) is 18.9. The Labute approximate surface area is 158 Å². The van der Waals surface area contributed by atoms with E-state index in [-0.39, 0.29) is 0 Å². The van der Waals surface area contributed by atoms with Crippen molar-refractivity contribution in [3.63, 3.8) is 0 Å². The molecule has 0 N–H and O–H groups in total. The molecule has 26 heavy (non-hydrogen) atoms. The molecule has 1 aliphatic carbocycles. The summed E-state index contributed by atoms with van der Waals surface area (Å²) in [5, 5.41) is 0. The number of pyridine rings is 1. The van der Waals surface area contributed by atoms with E-state index < -0.39 is 5.89 Å². The molecule has 0 saturated heterocycles. The van der Waals surface area contributed by atoms with E-state index in [0.717, 1.165) is 12.8 Å². The molecule has 4 rings (SSSR count). The molecule has 0 radical (unpaired) electrons. The van der Waals surface area contributed by atoms with Crippen LogP contribution in [0.15, 0.2) is 66.9 Å². The lowest BCUT2D eigenvalue weighted by Gasteiger charge is -2.22. The molecule has 0 atom stereocenters. The molecule has 1 heterocycles. The molecule has 1 nitrogen and oxygen atoms in total. The minimum Gasteiger partial charge on any atom is -0.201 e. The summed E-state index contributed by atoms with van der Waals surface area (Å²) < 4.78 is 11.1. The van der Waals surface area contributed by atoms with E-state index in [1.54, 1.807) is 0 Å². The SMILES string of the molecule is [2H]C1(c2cccc(-c3cc[n+](C)c(-c4ccccc4C)c3)c2)CCCCC1. The van der Waals surface area contributed by atoms with Gasteiger partial charge in [0, 0.05) is 19.1 Å². The average molecular weight is 344 g/mol. The van der Waals surface area contributed by atoms with Crippen molar-refractivity contribution in [3.8, 4) is 22.4 Å². The lowest BCUT2D eigenvalue weighted by Crippen LogP contribution is -2.30. The van der Waals surface area contributed by atoms with Crippen LogP contribution in [0.1, 0.15) is 50.5 Å². The van der Waals surface area contributed by atoms with Gasteiger partial charge in [-0.05, 0) is 54.0 Å². The van der Waals surface area contributed by atoms with Crippen LogP contribution in [-0.4, -0.2) is 0 Å². The lowest BCUT2D eigenvalue weighted by molar-refractivity contribution is -0.660. The molecule has 132 valence electrons. The third kappa shape index (κ3) is 3.44. The van der Waals surface area contributed by atoms with E-state index in [1.165, 1.54) is 52.8 Å². The zero-order valence-corrected chi connectivity index (χ0v) is 15.8. The second kappa shape index (κ2) is 7.45. The topological polar surface area (TPSA) is 3.88 Å². The first kappa shape index (κ1) is 15.8. The summed E-state index contributed by atoms with van der Waals surface area (Å²) in [6, 6.07) is 21.7. The Hall–Kier alpha value is -2.41. The summed E-state index contributed by atoms with van der Waals surface area (Å²) in [6.07, 6.45) is 7.72. The fourth-order valence-electron chi connectivity index (χ4n) is 4.06. The summed E-state index contributed by atoms with van der Waals surface area (Å²) in [6.45, 7) is 2.16. The van der Waals surface area contributed by atoms with Crippen LogP contribution in [-0.2, 0) is 7.05 Å². The van der Waals surface area contributed by atoms with E-state index in [1.807, 2.05) is 0 Å². The van der Waals surface area contributed by atoms with Crippen molar-refractivity contribution in [2.45, 2.75) is 44.9 Å². The number of nitrogens with zero attached hydrogens (tertiary/aromatic N) is 1. The Morgan fingerprint density at radius 1 is 0.885 bits per heavy atom. The van der Waals surface area contributed by atoms with Gasteiger partial charge < -0.3 is 0 Å². The molecule has 0 amide bonds. The first-order valence-corrected chi connectivity index (χ1v) is 9.73. The van der Waals surface area contributed by atoms with Crippen LogP contribution in [0.5, 0.6) is 0 Å². The second-order valence-corrected chi connectivity index (χ2v) is 7.47. The highest BCUT2D eigenvalue weighted by Gasteiger charge is 2.17. The summed E-state index contributed by atoms with van der Waals surface area (Å²) in [7, 11) is 2.10. The van der Waals surface area contributed by atoms with Gasteiger partial charge >= 0.3 is 0 Å². The molecule has 2 aromatic carbocycles. The van der Waals surface area contributed by atoms with E-state index in [9.17, 15) is 0 Å². The molecule has 0 unspecified atom stereocenters. The highest BCUT2D eigenvalue weighted by molar-refractivity contribution is 5.70. The number of hydrogen-bond acceptors (Lipinski definition) is 0. The van der Waals surface area contributed by atoms with Crippen LogP contribution in [0.3, 0.4) is 0 Å². The first-order chi connectivity index (χ1) is 13.1. The number of aryl methyl sites for hydroxylation is 2. The van der Waals surface area contributed by atoms with Crippen molar-refractivity contribution >= 4 is 0 Å². The standard InChI is InChI=1S/C25H28N/c1-19-9-6-7-14-24(19)25-18-23(15-16-26(25)2)22-13-8-12-21(17-22)20-10-4-3-5-11-20/h6-9,12-18,20H,3-5,10-11H2,1-2H3/q+1/i20D. The molecular formula is C25H28N+. The van der Waals surface area contributed by atoms with Gasteiger partial charge in [0.05, 0.1) is 0 Å². The molecule has 1 aromatic heterocycles. The molecular weight excluding hydrogens is 314 g/mol. The van der Waals surface area contributed by atoms with Crippen molar-refractivity contribution in [3.05, 3.63) is 78.0 Å². The molecule has 1 heteroatoms. The van der Waals surface area contributed by atoms with Gasteiger partial charge in [0.2, 0.25) is 5.69 Å². The van der Waals surface area contributed by atoms with Gasteiger partial charge in [-0.2, -0.15) is 0 Å². The van der Waals surface area contributed by atoms with Gasteiger partial charge in [0.15, 0.2) is 6.20 Å². The number of hydrogen-bond donors (Lipinski definition) is 0. The van der Waals surface area contributed by atoms with Crippen LogP contribution >= 0.6 is 0 Å². The van der Waals surface area contributed by atoms with Crippen molar-refractivity contribution in [1.29, 1.82) is 0 Å². The monoisotopic (exact) mass is 343 g/mol. The average Bonchev–Trinajstić information content (AvgIpc) is 2.70. The van der Waals surface area contributed by atoms with Crippen LogP contribution in [0.4, 0.5) is 0 Å². The predicted molar refractivity (Wildman–Crippen MR) is 109 cm³/mol. The van der Waals surface area contributed by atoms with Gasteiger partial charge in [-0.15, -0.1) is 0 Å². The largest absolute Gasteiger partial charge is 0.213 e. The normalized spacial score (nSPS) is 16.9. The van der Waals surface area contributed by atoms with Crippen molar-refractivity contribution < 1.29 is 5.94 Å². The zero-order valence-electron chi connectivity index (χ0n) is 16.8. The van der Waals surface area contributed by atoms with Crippen LogP contribution in [0.25, 0.3) is 22.4 Å². The Morgan fingerprint density at radius 2 is 1.65 bits per heavy atom. The van der Waals surface area contributed by atoms with E-state index >= 15 is 0 Å². The molecule has 1 saturated carbocycles. The van der Waals surface area contributed by atoms with Gasteiger partial charge in [-0.1, -0.05) is 61.7 Å². The minimum atomic E-state index is -0.410. The Balaban J connectivity index is 1.75. The number of rotatable bonds is 3. The maximum Gasteiger partial charge on any atom is 0.213 e. The fraction of sp³-hybridized carbons (Fsp3) is 0.320. The smallest absolute Gasteiger partial charge is 0.201 e. The molecule has 1 aliphatic rings. The summed E-state index contributed by atoms with van der Waals surface area (Å²) >= 11 is 0. The molecule has 1 fully saturated rings. The Bertz CT molecular complexity index is 954. The first-order valence-electron chi connectivity index (χ1n) is 10.2. The molecule has 3 aromatic rings. The van der Waals surface area contributed by atoms with E-state index in [0.29, 0.717) is 0 Å². The Kier molecular flexibility index (Phi) is 4.53. The van der Waals surface area contributed by atoms with Gasteiger partial charge in [0.25, 0.3) is 0 Å². The maximum atomic E-state index is 8.96. The molecule has 0 aliphatic heterocycles. The molecule has 0 spiro atoms. The number of aromatic nitrogens is 1. The van der Waals surface area contributed by atoms with E-state index in [2.05, 4.69) is 85.4 Å². The fourth-order valence-corrected chi connectivity index (χ4v) is 4.06. The van der Waals surface area contributed by atoms with Crippen molar-refractivity contribution in [2.75, 3.05) is 0 Å². The summed E-state index contributed by atoms with van der Waals surface area (Å²) in [5.74, 6) is -0.410. The quantitative estimate of drug-likeness (QED) is 0.498. The van der Waals surface area contributed by atoms with Gasteiger partial charge in [0.1, 0.15) is 7.05 Å². The highest BCUT2D eigenvalue weighted by Crippen LogP contribution is 2.34. The van der Waals surface area contributed by atoms with Crippen LogP contribution in [0.2, 0.25) is 0 Å². The minimum absolute atomic E-state index is 0.410. The predicted octanol–water partition coefficient (Wildman–Crippen LogP) is 6.20. The van der Waals surface area contributed by atoms with Gasteiger partial charge in [-0.25, -0.2) is 4.57 Å². The Morgan fingerprint density at radius 3 is 2.46 bits per heavy atom.